The molecule has 1 aromatic carbocycles. The number of aliphatic carboxylic acids is 1. The minimum Gasteiger partial charge on any atom is -0.478 e. The van der Waals surface area contributed by atoms with Crippen LogP contribution in [-0.4, -0.2) is 17.2 Å². The summed E-state index contributed by atoms with van der Waals surface area (Å²) in [6.07, 6.45) is -0.780. The lowest BCUT2D eigenvalue weighted by Crippen LogP contribution is -2.32. The van der Waals surface area contributed by atoms with E-state index >= 15 is 0 Å². The summed E-state index contributed by atoms with van der Waals surface area (Å²) in [7, 11) is 0. The molecule has 0 fully saturated rings. The minimum absolute atomic E-state index is 0.0484. The fourth-order valence-corrected chi connectivity index (χ4v) is 1.12. The highest BCUT2D eigenvalue weighted by Gasteiger charge is 2.22. The molecular formula is C11H14O3. The number of hydrogen-bond acceptors (Lipinski definition) is 2. The zero-order valence-corrected chi connectivity index (χ0v) is 8.31. The summed E-state index contributed by atoms with van der Waals surface area (Å²) < 4.78 is 5.34. The summed E-state index contributed by atoms with van der Waals surface area (Å²) in [6, 6.07) is 8.98. The summed E-state index contributed by atoms with van der Waals surface area (Å²) in [5.74, 6) is -0.384. The van der Waals surface area contributed by atoms with Crippen LogP contribution in [-0.2, 0) is 4.79 Å². The summed E-state index contributed by atoms with van der Waals surface area (Å²) in [5.41, 5.74) is 0. The van der Waals surface area contributed by atoms with Crippen molar-refractivity contribution in [1.29, 1.82) is 0 Å². The molecule has 1 rings (SSSR count). The number of rotatable bonds is 4. The second kappa shape index (κ2) is 4.65. The van der Waals surface area contributed by atoms with E-state index in [0.29, 0.717) is 5.75 Å². The Morgan fingerprint density at radius 3 is 2.29 bits per heavy atom. The van der Waals surface area contributed by atoms with E-state index in [9.17, 15) is 4.79 Å². The van der Waals surface area contributed by atoms with Crippen molar-refractivity contribution in [3.63, 3.8) is 0 Å². The van der Waals surface area contributed by atoms with E-state index in [2.05, 4.69) is 0 Å². The molecule has 3 heteroatoms. The molecule has 3 nitrogen and oxygen atoms in total. The fraction of sp³-hybridized carbons (Fsp3) is 0.364. The Balaban J connectivity index is 2.70. The normalized spacial score (nSPS) is 12.5. The van der Waals surface area contributed by atoms with Gasteiger partial charge in [0, 0.05) is 5.92 Å². The summed E-state index contributed by atoms with van der Waals surface area (Å²) in [5, 5.41) is 8.88. The Bertz CT molecular complexity index is 293. The maximum Gasteiger partial charge on any atom is 0.345 e. The molecule has 0 amide bonds. The van der Waals surface area contributed by atoms with Crippen LogP contribution >= 0.6 is 0 Å². The molecule has 0 radical (unpaired) electrons. The van der Waals surface area contributed by atoms with E-state index < -0.39 is 12.1 Å². The SMILES string of the molecule is CC(C)[C@@H](Oc1ccccc1)C(=O)O. The molecule has 0 heterocycles. The molecule has 0 spiro atoms. The first-order valence-corrected chi connectivity index (χ1v) is 4.55. The Labute approximate surface area is 83.3 Å². The maximum absolute atomic E-state index is 10.8. The lowest BCUT2D eigenvalue weighted by atomic mass is 10.1. The Kier molecular flexibility index (Phi) is 3.51. The van der Waals surface area contributed by atoms with Crippen molar-refractivity contribution in [2.45, 2.75) is 20.0 Å². The smallest absolute Gasteiger partial charge is 0.345 e. The second-order valence-corrected chi connectivity index (χ2v) is 3.43. The van der Waals surface area contributed by atoms with Crippen LogP contribution in [0, 0.1) is 5.92 Å². The van der Waals surface area contributed by atoms with E-state index in [1.807, 2.05) is 32.0 Å². The lowest BCUT2D eigenvalue weighted by molar-refractivity contribution is -0.147. The fourth-order valence-electron chi connectivity index (χ4n) is 1.12. The van der Waals surface area contributed by atoms with Gasteiger partial charge in [-0.1, -0.05) is 32.0 Å². The summed E-state index contributed by atoms with van der Waals surface area (Å²) >= 11 is 0. The molecule has 0 aromatic heterocycles. The Hall–Kier alpha value is -1.51. The van der Waals surface area contributed by atoms with Gasteiger partial charge in [0.2, 0.25) is 0 Å². The number of para-hydroxylation sites is 1. The highest BCUT2D eigenvalue weighted by atomic mass is 16.5. The molecular weight excluding hydrogens is 180 g/mol. The third-order valence-electron chi connectivity index (χ3n) is 1.86. The van der Waals surface area contributed by atoms with Gasteiger partial charge in [-0.3, -0.25) is 0 Å². The lowest BCUT2D eigenvalue weighted by Gasteiger charge is -2.17. The van der Waals surface area contributed by atoms with Crippen molar-refractivity contribution >= 4 is 5.97 Å². The average molecular weight is 194 g/mol. The van der Waals surface area contributed by atoms with Gasteiger partial charge in [0.05, 0.1) is 0 Å². The van der Waals surface area contributed by atoms with E-state index in [1.54, 1.807) is 12.1 Å². The molecule has 1 atom stereocenters. The molecule has 0 saturated carbocycles. The van der Waals surface area contributed by atoms with Crippen molar-refractivity contribution in [2.75, 3.05) is 0 Å². The second-order valence-electron chi connectivity index (χ2n) is 3.43. The molecule has 1 N–H and O–H groups in total. The van der Waals surface area contributed by atoms with Gasteiger partial charge in [-0.25, -0.2) is 4.79 Å². The maximum atomic E-state index is 10.8. The van der Waals surface area contributed by atoms with Crippen molar-refractivity contribution in [3.8, 4) is 5.75 Å². The van der Waals surface area contributed by atoms with Gasteiger partial charge in [-0.15, -0.1) is 0 Å². The van der Waals surface area contributed by atoms with Crippen LogP contribution in [0.15, 0.2) is 30.3 Å². The first kappa shape index (κ1) is 10.6. The molecule has 0 aliphatic carbocycles. The largest absolute Gasteiger partial charge is 0.478 e. The van der Waals surface area contributed by atoms with Gasteiger partial charge >= 0.3 is 5.97 Å². The van der Waals surface area contributed by atoms with Crippen LogP contribution in [0.3, 0.4) is 0 Å². The first-order chi connectivity index (χ1) is 6.61. The van der Waals surface area contributed by atoms with Crippen molar-refractivity contribution in [1.82, 2.24) is 0 Å². The highest BCUT2D eigenvalue weighted by Crippen LogP contribution is 2.15. The third kappa shape index (κ3) is 2.76. The average Bonchev–Trinajstić information content (AvgIpc) is 2.15. The topological polar surface area (TPSA) is 46.5 Å². The summed E-state index contributed by atoms with van der Waals surface area (Å²) in [4.78, 5) is 10.8. The highest BCUT2D eigenvalue weighted by molar-refractivity contribution is 5.73. The van der Waals surface area contributed by atoms with Crippen LogP contribution in [0.5, 0.6) is 5.75 Å². The quantitative estimate of drug-likeness (QED) is 0.799. The third-order valence-corrected chi connectivity index (χ3v) is 1.86. The summed E-state index contributed by atoms with van der Waals surface area (Å²) in [6.45, 7) is 3.64. The van der Waals surface area contributed by atoms with Gasteiger partial charge in [-0.05, 0) is 12.1 Å². The van der Waals surface area contributed by atoms with Gasteiger partial charge in [0.1, 0.15) is 5.75 Å². The first-order valence-electron chi connectivity index (χ1n) is 4.55. The molecule has 0 saturated heterocycles. The zero-order chi connectivity index (χ0) is 10.6. The van der Waals surface area contributed by atoms with Crippen molar-refractivity contribution in [2.24, 2.45) is 5.92 Å². The predicted octanol–water partition coefficient (Wildman–Crippen LogP) is 2.17. The van der Waals surface area contributed by atoms with Gasteiger partial charge in [0.25, 0.3) is 0 Å². The minimum atomic E-state index is -0.927. The van der Waals surface area contributed by atoms with Gasteiger partial charge < -0.3 is 9.84 Å². The Morgan fingerprint density at radius 2 is 1.86 bits per heavy atom. The molecule has 0 unspecified atom stereocenters. The molecule has 1 aromatic rings. The van der Waals surface area contributed by atoms with Crippen LogP contribution in [0.2, 0.25) is 0 Å². The van der Waals surface area contributed by atoms with E-state index in [4.69, 9.17) is 9.84 Å². The molecule has 76 valence electrons. The zero-order valence-electron chi connectivity index (χ0n) is 8.31. The van der Waals surface area contributed by atoms with E-state index in [0.717, 1.165) is 0 Å². The molecule has 14 heavy (non-hydrogen) atoms. The standard InChI is InChI=1S/C11H14O3/c1-8(2)10(11(12)13)14-9-6-4-3-5-7-9/h3-8,10H,1-2H3,(H,12,13)/t10-/m1/s1. The molecule has 0 aliphatic heterocycles. The van der Waals surface area contributed by atoms with Crippen molar-refractivity contribution in [3.05, 3.63) is 30.3 Å². The van der Waals surface area contributed by atoms with Gasteiger partial charge in [-0.2, -0.15) is 0 Å². The van der Waals surface area contributed by atoms with E-state index in [1.165, 1.54) is 0 Å². The number of hydrogen-bond donors (Lipinski definition) is 1. The predicted molar refractivity (Wildman–Crippen MR) is 53.3 cm³/mol. The van der Waals surface area contributed by atoms with Crippen LogP contribution < -0.4 is 4.74 Å². The number of carboxylic acids is 1. The Morgan fingerprint density at radius 1 is 1.29 bits per heavy atom. The van der Waals surface area contributed by atoms with Crippen LogP contribution in [0.4, 0.5) is 0 Å². The van der Waals surface area contributed by atoms with Gasteiger partial charge in [0.15, 0.2) is 6.10 Å². The monoisotopic (exact) mass is 194 g/mol. The number of carbonyl (C=O) groups is 1. The number of carboxylic acid groups (broad SMARTS) is 1. The van der Waals surface area contributed by atoms with E-state index in [-0.39, 0.29) is 5.92 Å². The van der Waals surface area contributed by atoms with Crippen LogP contribution in [0.1, 0.15) is 13.8 Å². The molecule has 0 aliphatic rings. The number of benzene rings is 1. The van der Waals surface area contributed by atoms with Crippen LogP contribution in [0.25, 0.3) is 0 Å². The van der Waals surface area contributed by atoms with Crippen molar-refractivity contribution < 1.29 is 14.6 Å². The number of ether oxygens (including phenoxy) is 1. The molecule has 0 bridgehead atoms.